The third-order valence-electron chi connectivity index (χ3n) is 2.63. The molecule has 3 unspecified atom stereocenters. The van der Waals surface area contributed by atoms with Crippen molar-refractivity contribution in [3.8, 4) is 0 Å². The number of urea groups is 1. The molecule has 0 aromatic carbocycles. The van der Waals surface area contributed by atoms with E-state index in [0.29, 0.717) is 0 Å². The number of nitrogens with two attached hydrogens (primary N) is 1. The first-order valence-electron chi connectivity index (χ1n) is 4.58. The van der Waals surface area contributed by atoms with Crippen LogP contribution in [0.2, 0.25) is 0 Å². The van der Waals surface area contributed by atoms with E-state index in [1.165, 1.54) is 0 Å². The molecule has 0 saturated carbocycles. The van der Waals surface area contributed by atoms with E-state index in [2.05, 4.69) is 5.32 Å². The maximum atomic E-state index is 11.5. The lowest BCUT2D eigenvalue weighted by Crippen LogP contribution is -2.47. The van der Waals surface area contributed by atoms with Crippen molar-refractivity contribution in [3.05, 3.63) is 12.2 Å². The molecule has 1 fully saturated rings. The highest BCUT2D eigenvalue weighted by Crippen LogP contribution is 2.37. The van der Waals surface area contributed by atoms with Gasteiger partial charge in [0.25, 0.3) is 0 Å². The third-order valence-corrected chi connectivity index (χ3v) is 4.11. The normalized spacial score (nSPS) is 35.4. The minimum absolute atomic E-state index is 0.0712. The second kappa shape index (κ2) is 3.65. The summed E-state index contributed by atoms with van der Waals surface area (Å²) in [5, 5.41) is 2.83. The molecule has 5 heteroatoms. The predicted molar refractivity (Wildman–Crippen MR) is 55.0 cm³/mol. The minimum atomic E-state index is -0.528. The van der Waals surface area contributed by atoms with Gasteiger partial charge in [0, 0.05) is 11.2 Å². The van der Waals surface area contributed by atoms with Gasteiger partial charge in [-0.25, -0.2) is 4.79 Å². The Morgan fingerprint density at radius 3 is 3.14 bits per heavy atom. The predicted octanol–water partition coefficient (Wildman–Crippen LogP) is 0.284. The van der Waals surface area contributed by atoms with Crippen LogP contribution in [0, 0.1) is 5.92 Å². The Kier molecular flexibility index (Phi) is 2.50. The van der Waals surface area contributed by atoms with E-state index in [0.717, 1.165) is 12.2 Å². The molecule has 0 radical (unpaired) electrons. The zero-order valence-corrected chi connectivity index (χ0v) is 8.42. The molecule has 0 aromatic heterocycles. The third kappa shape index (κ3) is 1.64. The van der Waals surface area contributed by atoms with Crippen molar-refractivity contribution in [2.75, 3.05) is 5.75 Å². The number of hydrogen-bond donors (Lipinski definition) is 2. The molecule has 2 aliphatic rings. The van der Waals surface area contributed by atoms with E-state index in [-0.39, 0.29) is 23.0 Å². The monoisotopic (exact) mass is 212 g/mol. The lowest BCUT2D eigenvalue weighted by atomic mass is 9.88. The van der Waals surface area contributed by atoms with Gasteiger partial charge in [-0.2, -0.15) is 11.8 Å². The highest BCUT2D eigenvalue weighted by atomic mass is 32.2. The molecule has 1 aliphatic heterocycles. The molecule has 4 nitrogen and oxygen atoms in total. The average molecular weight is 212 g/mol. The number of carbonyl (C=O) groups is 2. The fourth-order valence-electron chi connectivity index (χ4n) is 2.00. The van der Waals surface area contributed by atoms with Crippen LogP contribution >= 0.6 is 11.8 Å². The molecule has 0 spiro atoms. The molecule has 1 saturated heterocycles. The van der Waals surface area contributed by atoms with Crippen molar-refractivity contribution in [1.82, 2.24) is 5.32 Å². The molecule has 1 aliphatic carbocycles. The van der Waals surface area contributed by atoms with E-state index in [1.807, 2.05) is 0 Å². The Bertz CT molecular complexity index is 303. The number of carbonyl (C=O) groups excluding carboxylic acids is 2. The number of fused-ring (bicyclic) bond motifs is 1. The van der Waals surface area contributed by atoms with E-state index in [9.17, 15) is 9.59 Å². The van der Waals surface area contributed by atoms with E-state index >= 15 is 0 Å². The summed E-state index contributed by atoms with van der Waals surface area (Å²) in [4.78, 5) is 22.2. The van der Waals surface area contributed by atoms with E-state index in [4.69, 9.17) is 5.73 Å². The summed E-state index contributed by atoms with van der Waals surface area (Å²) in [6.07, 6.45) is 4.22. The molecular weight excluding hydrogens is 200 g/mol. The highest BCUT2D eigenvalue weighted by Gasteiger charge is 2.39. The summed E-state index contributed by atoms with van der Waals surface area (Å²) in [6.45, 7) is 0. The van der Waals surface area contributed by atoms with Gasteiger partial charge < -0.3 is 11.1 Å². The topological polar surface area (TPSA) is 72.2 Å². The van der Waals surface area contributed by atoms with Gasteiger partial charge in [-0.3, -0.25) is 4.79 Å². The van der Waals surface area contributed by atoms with Crippen LogP contribution < -0.4 is 11.1 Å². The summed E-state index contributed by atoms with van der Waals surface area (Å²) in [5.41, 5.74) is 5.06. The maximum absolute atomic E-state index is 11.5. The standard InChI is InChI=1S/C9H12N2O2S/c10-9(13)11-6-1-2-7(12)5-3-4-14-8(5)6/h1-2,5-6,8H,3-4H2,(H3,10,11,13). The smallest absolute Gasteiger partial charge is 0.312 e. The van der Waals surface area contributed by atoms with Gasteiger partial charge >= 0.3 is 6.03 Å². The van der Waals surface area contributed by atoms with Crippen molar-refractivity contribution >= 4 is 23.6 Å². The van der Waals surface area contributed by atoms with Crippen molar-refractivity contribution in [1.29, 1.82) is 0 Å². The van der Waals surface area contributed by atoms with Gasteiger partial charge in [0.2, 0.25) is 0 Å². The Labute approximate surface area is 86.3 Å². The summed E-state index contributed by atoms with van der Waals surface area (Å²) in [5.74, 6) is 1.24. The van der Waals surface area contributed by atoms with Crippen molar-refractivity contribution < 1.29 is 9.59 Å². The number of rotatable bonds is 1. The Morgan fingerprint density at radius 2 is 2.43 bits per heavy atom. The number of allylic oxidation sites excluding steroid dienone is 1. The molecule has 2 amide bonds. The van der Waals surface area contributed by atoms with Crippen molar-refractivity contribution in [2.45, 2.75) is 17.7 Å². The van der Waals surface area contributed by atoms with Gasteiger partial charge in [-0.15, -0.1) is 0 Å². The molecule has 76 valence electrons. The fraction of sp³-hybridized carbons (Fsp3) is 0.556. The van der Waals surface area contributed by atoms with E-state index < -0.39 is 6.03 Å². The lowest BCUT2D eigenvalue weighted by Gasteiger charge is -2.27. The van der Waals surface area contributed by atoms with Gasteiger partial charge in [0.15, 0.2) is 5.78 Å². The Morgan fingerprint density at radius 1 is 1.64 bits per heavy atom. The molecule has 3 atom stereocenters. The van der Waals surface area contributed by atoms with Gasteiger partial charge in [-0.05, 0) is 18.2 Å². The van der Waals surface area contributed by atoms with Crippen LogP contribution in [0.25, 0.3) is 0 Å². The SMILES string of the molecule is NC(=O)NC1C=CC(=O)C2CCSC12. The van der Waals surface area contributed by atoms with Gasteiger partial charge in [-0.1, -0.05) is 6.08 Å². The zero-order valence-electron chi connectivity index (χ0n) is 7.60. The molecule has 3 N–H and O–H groups in total. The number of ketones is 1. The summed E-state index contributed by atoms with van der Waals surface area (Å²) in [6, 6.07) is -0.608. The highest BCUT2D eigenvalue weighted by molar-refractivity contribution is 8.00. The van der Waals surface area contributed by atoms with Crippen LogP contribution in [0.5, 0.6) is 0 Å². The molecular formula is C9H12N2O2S. The minimum Gasteiger partial charge on any atom is -0.352 e. The van der Waals surface area contributed by atoms with Crippen LogP contribution in [-0.4, -0.2) is 28.9 Å². The number of hydrogen-bond acceptors (Lipinski definition) is 3. The van der Waals surface area contributed by atoms with Crippen molar-refractivity contribution in [2.24, 2.45) is 11.7 Å². The van der Waals surface area contributed by atoms with Crippen LogP contribution in [0.3, 0.4) is 0 Å². The first-order chi connectivity index (χ1) is 6.68. The number of nitrogens with one attached hydrogen (secondary N) is 1. The van der Waals surface area contributed by atoms with E-state index in [1.54, 1.807) is 23.9 Å². The number of primary amides is 1. The number of amides is 2. The quantitative estimate of drug-likeness (QED) is 0.656. The summed E-state index contributed by atoms with van der Waals surface area (Å²) in [7, 11) is 0. The van der Waals surface area contributed by atoms with Gasteiger partial charge in [0.05, 0.1) is 6.04 Å². The Balaban J connectivity index is 2.14. The maximum Gasteiger partial charge on any atom is 0.312 e. The molecule has 0 aromatic rings. The fourth-order valence-corrected chi connectivity index (χ4v) is 3.53. The first kappa shape index (κ1) is 9.58. The molecule has 2 rings (SSSR count). The zero-order chi connectivity index (χ0) is 10.1. The second-order valence-corrected chi connectivity index (χ2v) is 4.81. The summed E-state index contributed by atoms with van der Waals surface area (Å²) < 4.78 is 0. The van der Waals surface area contributed by atoms with Crippen LogP contribution in [0.15, 0.2) is 12.2 Å². The van der Waals surface area contributed by atoms with Gasteiger partial charge in [0.1, 0.15) is 0 Å². The van der Waals surface area contributed by atoms with Crippen molar-refractivity contribution in [3.63, 3.8) is 0 Å². The molecule has 0 bridgehead atoms. The van der Waals surface area contributed by atoms with Crippen LogP contribution in [0.1, 0.15) is 6.42 Å². The average Bonchev–Trinajstić information content (AvgIpc) is 2.58. The van der Waals surface area contributed by atoms with Crippen LogP contribution in [-0.2, 0) is 4.79 Å². The summed E-state index contributed by atoms with van der Waals surface area (Å²) >= 11 is 1.74. The second-order valence-electron chi connectivity index (χ2n) is 3.53. The largest absolute Gasteiger partial charge is 0.352 e. The molecule has 14 heavy (non-hydrogen) atoms. The number of thioether (sulfide) groups is 1. The lowest BCUT2D eigenvalue weighted by molar-refractivity contribution is -0.118. The van der Waals surface area contributed by atoms with Crippen LogP contribution in [0.4, 0.5) is 4.79 Å². The first-order valence-corrected chi connectivity index (χ1v) is 5.63. The Hall–Kier alpha value is -0.970. The molecule has 1 heterocycles.